The molecule has 0 aliphatic carbocycles. The van der Waals surface area contributed by atoms with Crippen molar-refractivity contribution in [2.75, 3.05) is 13.1 Å². The van der Waals surface area contributed by atoms with E-state index in [0.717, 1.165) is 19.3 Å². The number of hydrogen-bond donors (Lipinski definition) is 1. The third kappa shape index (κ3) is 1.52. The summed E-state index contributed by atoms with van der Waals surface area (Å²) in [5.41, 5.74) is 0.0888. The fourth-order valence-corrected chi connectivity index (χ4v) is 3.07. The molecule has 2 fully saturated rings. The van der Waals surface area contributed by atoms with Crippen molar-refractivity contribution in [3.63, 3.8) is 0 Å². The highest BCUT2D eigenvalue weighted by Crippen LogP contribution is 2.36. The van der Waals surface area contributed by atoms with E-state index in [0.29, 0.717) is 18.7 Å². The maximum absolute atomic E-state index is 12.5. The van der Waals surface area contributed by atoms with Crippen molar-refractivity contribution in [2.45, 2.75) is 24.8 Å². The molecule has 0 saturated carbocycles. The summed E-state index contributed by atoms with van der Waals surface area (Å²) in [6, 6.07) is 9.20. The maximum Gasteiger partial charge on any atom is 0.254 e. The van der Waals surface area contributed by atoms with Gasteiger partial charge in [0.05, 0.1) is 0 Å². The van der Waals surface area contributed by atoms with Crippen LogP contribution in [0.25, 0.3) is 0 Å². The largest absolute Gasteiger partial charge is 0.354 e. The molecule has 4 nitrogen and oxygen atoms in total. The van der Waals surface area contributed by atoms with Gasteiger partial charge in [-0.25, -0.2) is 0 Å². The Morgan fingerprint density at radius 1 is 1.22 bits per heavy atom. The lowest BCUT2D eigenvalue weighted by Crippen LogP contribution is -2.52. The van der Waals surface area contributed by atoms with Crippen LogP contribution < -0.4 is 5.32 Å². The fraction of sp³-hybridized carbons (Fsp3) is 0.429. The van der Waals surface area contributed by atoms with Crippen LogP contribution in [0.1, 0.15) is 29.6 Å². The minimum absolute atomic E-state index is 0.0179. The minimum atomic E-state index is -0.576. The SMILES string of the molecule is O=C(c1ccccc1)N1CCC[C@@]12CCNC2=O. The first-order valence-electron chi connectivity index (χ1n) is 6.39. The van der Waals surface area contributed by atoms with Gasteiger partial charge in [-0.2, -0.15) is 0 Å². The van der Waals surface area contributed by atoms with Crippen LogP contribution in [0.5, 0.6) is 0 Å². The minimum Gasteiger partial charge on any atom is -0.354 e. The molecule has 0 aromatic heterocycles. The molecule has 1 aromatic carbocycles. The summed E-state index contributed by atoms with van der Waals surface area (Å²) in [6.45, 7) is 1.36. The van der Waals surface area contributed by atoms with Crippen molar-refractivity contribution in [3.8, 4) is 0 Å². The van der Waals surface area contributed by atoms with Gasteiger partial charge in [0.1, 0.15) is 5.54 Å². The summed E-state index contributed by atoms with van der Waals surface area (Å²) in [6.07, 6.45) is 2.44. The van der Waals surface area contributed by atoms with Gasteiger partial charge in [-0.3, -0.25) is 9.59 Å². The molecule has 4 heteroatoms. The predicted molar refractivity (Wildman–Crippen MR) is 67.1 cm³/mol. The van der Waals surface area contributed by atoms with E-state index in [2.05, 4.69) is 5.32 Å². The van der Waals surface area contributed by atoms with E-state index >= 15 is 0 Å². The molecule has 2 saturated heterocycles. The molecule has 3 rings (SSSR count). The van der Waals surface area contributed by atoms with Crippen LogP contribution in [0, 0.1) is 0 Å². The normalized spacial score (nSPS) is 26.7. The number of nitrogens with one attached hydrogen (secondary N) is 1. The number of nitrogens with zero attached hydrogens (tertiary/aromatic N) is 1. The van der Waals surface area contributed by atoms with Gasteiger partial charge in [0.2, 0.25) is 5.91 Å². The molecule has 1 atom stereocenters. The number of hydrogen-bond acceptors (Lipinski definition) is 2. The van der Waals surface area contributed by atoms with Gasteiger partial charge in [-0.1, -0.05) is 18.2 Å². The van der Waals surface area contributed by atoms with E-state index in [1.54, 1.807) is 17.0 Å². The molecule has 1 N–H and O–H groups in total. The first-order chi connectivity index (χ1) is 8.74. The fourth-order valence-electron chi connectivity index (χ4n) is 3.07. The molecule has 2 aliphatic heterocycles. The summed E-state index contributed by atoms with van der Waals surface area (Å²) in [4.78, 5) is 26.3. The molecule has 0 unspecified atom stereocenters. The third-order valence-corrected chi connectivity index (χ3v) is 4.00. The molecule has 1 spiro atoms. The van der Waals surface area contributed by atoms with Crippen LogP contribution in [0.15, 0.2) is 30.3 Å². The van der Waals surface area contributed by atoms with Crippen molar-refractivity contribution in [1.29, 1.82) is 0 Å². The lowest BCUT2D eigenvalue weighted by atomic mass is 9.94. The smallest absolute Gasteiger partial charge is 0.254 e. The zero-order valence-corrected chi connectivity index (χ0v) is 10.2. The molecule has 1 aromatic rings. The third-order valence-electron chi connectivity index (χ3n) is 4.00. The Labute approximate surface area is 106 Å². The number of benzene rings is 1. The monoisotopic (exact) mass is 244 g/mol. The molecular formula is C14H16N2O2. The van der Waals surface area contributed by atoms with Crippen LogP contribution >= 0.6 is 0 Å². The lowest BCUT2D eigenvalue weighted by molar-refractivity contribution is -0.127. The quantitative estimate of drug-likeness (QED) is 0.806. The molecule has 2 heterocycles. The van der Waals surface area contributed by atoms with Crippen molar-refractivity contribution in [2.24, 2.45) is 0 Å². The van der Waals surface area contributed by atoms with Crippen molar-refractivity contribution < 1.29 is 9.59 Å². The van der Waals surface area contributed by atoms with E-state index in [9.17, 15) is 9.59 Å². The summed E-state index contributed by atoms with van der Waals surface area (Å²) in [5, 5.41) is 2.86. The van der Waals surface area contributed by atoms with Gasteiger partial charge in [0.15, 0.2) is 0 Å². The highest BCUT2D eigenvalue weighted by atomic mass is 16.2. The van der Waals surface area contributed by atoms with Crippen LogP contribution in [0.4, 0.5) is 0 Å². The topological polar surface area (TPSA) is 49.4 Å². The predicted octanol–water partition coefficient (Wildman–Crippen LogP) is 1.18. The number of carbonyl (C=O) groups is 2. The van der Waals surface area contributed by atoms with Gasteiger partial charge < -0.3 is 10.2 Å². The summed E-state index contributed by atoms with van der Waals surface area (Å²) in [7, 11) is 0. The standard InChI is InChI=1S/C14H16N2O2/c17-12(11-5-2-1-3-6-11)16-10-4-7-14(16)8-9-15-13(14)18/h1-3,5-6H,4,7-10H2,(H,15,18)/t14-/m0/s1. The van der Waals surface area contributed by atoms with Crippen LogP contribution in [-0.4, -0.2) is 35.3 Å². The zero-order chi connectivity index (χ0) is 12.6. The van der Waals surface area contributed by atoms with Crippen molar-refractivity contribution in [3.05, 3.63) is 35.9 Å². The van der Waals surface area contributed by atoms with Gasteiger partial charge in [-0.15, -0.1) is 0 Å². The van der Waals surface area contributed by atoms with Crippen LogP contribution in [0.2, 0.25) is 0 Å². The number of rotatable bonds is 1. The molecular weight excluding hydrogens is 228 g/mol. The Balaban J connectivity index is 1.92. The van der Waals surface area contributed by atoms with Crippen molar-refractivity contribution in [1.82, 2.24) is 10.2 Å². The number of carbonyl (C=O) groups excluding carboxylic acids is 2. The molecule has 2 amide bonds. The highest BCUT2D eigenvalue weighted by molar-refractivity contribution is 6.00. The maximum atomic E-state index is 12.5. The van der Waals surface area contributed by atoms with E-state index in [4.69, 9.17) is 0 Å². The Morgan fingerprint density at radius 2 is 2.00 bits per heavy atom. The summed E-state index contributed by atoms with van der Waals surface area (Å²) < 4.78 is 0. The summed E-state index contributed by atoms with van der Waals surface area (Å²) >= 11 is 0. The van der Waals surface area contributed by atoms with Gasteiger partial charge in [0, 0.05) is 18.7 Å². The molecule has 94 valence electrons. The molecule has 0 bridgehead atoms. The first-order valence-corrected chi connectivity index (χ1v) is 6.39. The Hall–Kier alpha value is -1.84. The molecule has 18 heavy (non-hydrogen) atoms. The zero-order valence-electron chi connectivity index (χ0n) is 10.2. The van der Waals surface area contributed by atoms with E-state index < -0.39 is 5.54 Å². The number of likely N-dealkylation sites (tertiary alicyclic amines) is 1. The molecule has 2 aliphatic rings. The second-order valence-corrected chi connectivity index (χ2v) is 4.96. The van der Waals surface area contributed by atoms with Crippen LogP contribution in [0.3, 0.4) is 0 Å². The number of amides is 2. The Bertz CT molecular complexity index is 482. The van der Waals surface area contributed by atoms with Crippen LogP contribution in [-0.2, 0) is 4.79 Å². The van der Waals surface area contributed by atoms with E-state index in [-0.39, 0.29) is 11.8 Å². The second-order valence-electron chi connectivity index (χ2n) is 4.96. The molecule has 0 radical (unpaired) electrons. The van der Waals surface area contributed by atoms with E-state index in [1.165, 1.54) is 0 Å². The Morgan fingerprint density at radius 3 is 2.67 bits per heavy atom. The van der Waals surface area contributed by atoms with Crippen molar-refractivity contribution >= 4 is 11.8 Å². The van der Waals surface area contributed by atoms with Gasteiger partial charge >= 0.3 is 0 Å². The van der Waals surface area contributed by atoms with Gasteiger partial charge in [-0.05, 0) is 31.4 Å². The lowest BCUT2D eigenvalue weighted by Gasteiger charge is -2.32. The first kappa shape index (κ1) is 11.3. The second kappa shape index (κ2) is 4.12. The van der Waals surface area contributed by atoms with Gasteiger partial charge in [0.25, 0.3) is 5.91 Å². The Kier molecular flexibility index (Phi) is 2.58. The van der Waals surface area contributed by atoms with E-state index in [1.807, 2.05) is 18.2 Å². The highest BCUT2D eigenvalue weighted by Gasteiger charge is 2.52. The average molecular weight is 244 g/mol. The summed E-state index contributed by atoms with van der Waals surface area (Å²) in [5.74, 6) is -0.00516. The average Bonchev–Trinajstić information content (AvgIpc) is 2.99.